The molecule has 0 saturated carbocycles. The second-order valence-electron chi connectivity index (χ2n) is 5.05. The van der Waals surface area contributed by atoms with Crippen molar-refractivity contribution in [2.45, 2.75) is 20.3 Å². The first-order chi connectivity index (χ1) is 10.1. The SMILES string of the molecule is COn1c(C)c(C)nc(Cc2c[nH]c3ccccc23)c1=O. The lowest BCUT2D eigenvalue weighted by atomic mass is 10.1. The van der Waals surface area contributed by atoms with E-state index < -0.39 is 0 Å². The highest BCUT2D eigenvalue weighted by molar-refractivity contribution is 5.83. The van der Waals surface area contributed by atoms with Crippen LogP contribution in [0, 0.1) is 13.8 Å². The molecule has 3 aromatic rings. The largest absolute Gasteiger partial charge is 0.414 e. The van der Waals surface area contributed by atoms with Crippen LogP contribution in [-0.4, -0.2) is 21.8 Å². The summed E-state index contributed by atoms with van der Waals surface area (Å²) < 4.78 is 1.30. The molecule has 21 heavy (non-hydrogen) atoms. The molecule has 0 saturated heterocycles. The van der Waals surface area contributed by atoms with E-state index in [1.165, 1.54) is 11.8 Å². The van der Waals surface area contributed by atoms with Gasteiger partial charge in [0.2, 0.25) is 0 Å². The van der Waals surface area contributed by atoms with Gasteiger partial charge in [0.05, 0.1) is 11.4 Å². The molecule has 2 aromatic heterocycles. The van der Waals surface area contributed by atoms with Gasteiger partial charge in [-0.15, -0.1) is 4.73 Å². The van der Waals surface area contributed by atoms with E-state index in [-0.39, 0.29) is 5.56 Å². The van der Waals surface area contributed by atoms with E-state index in [1.54, 1.807) is 0 Å². The molecule has 0 spiro atoms. The Morgan fingerprint density at radius 2 is 2.05 bits per heavy atom. The van der Waals surface area contributed by atoms with Crippen LogP contribution in [0.4, 0.5) is 0 Å². The molecule has 2 heterocycles. The Kier molecular flexibility index (Phi) is 3.25. The van der Waals surface area contributed by atoms with Gasteiger partial charge in [0.15, 0.2) is 0 Å². The monoisotopic (exact) mass is 283 g/mol. The molecule has 0 radical (unpaired) electrons. The summed E-state index contributed by atoms with van der Waals surface area (Å²) in [4.78, 5) is 25.2. The zero-order chi connectivity index (χ0) is 15.0. The predicted molar refractivity (Wildman–Crippen MR) is 81.6 cm³/mol. The summed E-state index contributed by atoms with van der Waals surface area (Å²) in [5, 5.41) is 1.11. The third-order valence-corrected chi connectivity index (χ3v) is 3.78. The summed E-state index contributed by atoms with van der Waals surface area (Å²) in [6.45, 7) is 3.70. The van der Waals surface area contributed by atoms with Crippen molar-refractivity contribution in [3.05, 3.63) is 63.5 Å². The van der Waals surface area contributed by atoms with Crippen LogP contribution >= 0.6 is 0 Å². The topological polar surface area (TPSA) is 59.9 Å². The first kappa shape index (κ1) is 13.4. The number of nitrogens with one attached hydrogen (secondary N) is 1. The summed E-state index contributed by atoms with van der Waals surface area (Å²) in [7, 11) is 1.49. The van der Waals surface area contributed by atoms with Gasteiger partial charge in [-0.1, -0.05) is 18.2 Å². The van der Waals surface area contributed by atoms with E-state index in [1.807, 2.05) is 44.3 Å². The van der Waals surface area contributed by atoms with Gasteiger partial charge in [-0.3, -0.25) is 4.79 Å². The molecule has 0 aliphatic rings. The maximum Gasteiger partial charge on any atom is 0.305 e. The average Bonchev–Trinajstić information content (AvgIpc) is 2.89. The maximum atomic E-state index is 12.4. The highest BCUT2D eigenvalue weighted by atomic mass is 16.6. The molecule has 1 aromatic carbocycles. The highest BCUT2D eigenvalue weighted by Crippen LogP contribution is 2.19. The molecule has 0 unspecified atom stereocenters. The molecule has 3 rings (SSSR count). The fourth-order valence-corrected chi connectivity index (χ4v) is 2.54. The van der Waals surface area contributed by atoms with Gasteiger partial charge in [-0.05, 0) is 25.5 Å². The summed E-state index contributed by atoms with van der Waals surface area (Å²) in [6, 6.07) is 8.02. The standard InChI is InChI=1S/C16H17N3O2/c1-10-11(2)19(21-3)16(20)15(18-10)8-12-9-17-14-7-5-4-6-13(12)14/h4-7,9,17H,8H2,1-3H3. The Morgan fingerprint density at radius 3 is 2.81 bits per heavy atom. The second-order valence-corrected chi connectivity index (χ2v) is 5.05. The summed E-state index contributed by atoms with van der Waals surface area (Å²) in [6.07, 6.45) is 2.41. The third-order valence-electron chi connectivity index (χ3n) is 3.78. The summed E-state index contributed by atoms with van der Waals surface area (Å²) >= 11 is 0. The van der Waals surface area contributed by atoms with Gasteiger partial charge in [0.1, 0.15) is 12.8 Å². The Morgan fingerprint density at radius 1 is 1.29 bits per heavy atom. The molecular formula is C16H17N3O2. The van der Waals surface area contributed by atoms with Crippen molar-refractivity contribution >= 4 is 10.9 Å². The molecule has 0 bridgehead atoms. The van der Waals surface area contributed by atoms with Crippen LogP contribution in [0.2, 0.25) is 0 Å². The van der Waals surface area contributed by atoms with Crippen LogP contribution in [0.15, 0.2) is 35.3 Å². The molecule has 0 atom stereocenters. The number of para-hydroxylation sites is 1. The van der Waals surface area contributed by atoms with Gasteiger partial charge in [0.25, 0.3) is 0 Å². The fraction of sp³-hybridized carbons (Fsp3) is 0.250. The van der Waals surface area contributed by atoms with Crippen molar-refractivity contribution in [1.29, 1.82) is 0 Å². The molecular weight excluding hydrogens is 266 g/mol. The van der Waals surface area contributed by atoms with Gasteiger partial charge >= 0.3 is 5.56 Å². The number of aromatic nitrogens is 3. The van der Waals surface area contributed by atoms with Crippen molar-refractivity contribution in [2.24, 2.45) is 0 Å². The fourth-order valence-electron chi connectivity index (χ4n) is 2.54. The minimum absolute atomic E-state index is 0.203. The lowest BCUT2D eigenvalue weighted by Crippen LogP contribution is -2.32. The van der Waals surface area contributed by atoms with Crippen molar-refractivity contribution < 1.29 is 4.84 Å². The lowest BCUT2D eigenvalue weighted by molar-refractivity contribution is 0.148. The van der Waals surface area contributed by atoms with Crippen LogP contribution in [0.3, 0.4) is 0 Å². The van der Waals surface area contributed by atoms with Gasteiger partial charge in [0, 0.05) is 23.5 Å². The normalized spacial score (nSPS) is 11.0. The van der Waals surface area contributed by atoms with E-state index in [9.17, 15) is 4.79 Å². The molecule has 0 aliphatic heterocycles. The van der Waals surface area contributed by atoms with Crippen molar-refractivity contribution in [2.75, 3.05) is 7.11 Å². The summed E-state index contributed by atoms with van der Waals surface area (Å²) in [5.41, 5.74) is 3.93. The predicted octanol–water partition coefficient (Wildman–Crippen LogP) is 1.99. The first-order valence-electron chi connectivity index (χ1n) is 6.80. The van der Waals surface area contributed by atoms with E-state index >= 15 is 0 Å². The van der Waals surface area contributed by atoms with Crippen LogP contribution in [-0.2, 0) is 6.42 Å². The van der Waals surface area contributed by atoms with E-state index in [0.717, 1.165) is 27.9 Å². The number of H-pyrrole nitrogens is 1. The first-order valence-corrected chi connectivity index (χ1v) is 6.80. The van der Waals surface area contributed by atoms with Crippen molar-refractivity contribution in [3.8, 4) is 0 Å². The van der Waals surface area contributed by atoms with Crippen molar-refractivity contribution in [1.82, 2.24) is 14.7 Å². The number of rotatable bonds is 3. The smallest absolute Gasteiger partial charge is 0.305 e. The Hall–Kier alpha value is -2.56. The van der Waals surface area contributed by atoms with Crippen LogP contribution < -0.4 is 10.4 Å². The van der Waals surface area contributed by atoms with E-state index in [4.69, 9.17) is 4.84 Å². The number of benzene rings is 1. The van der Waals surface area contributed by atoms with Gasteiger partial charge < -0.3 is 9.82 Å². The number of aromatic amines is 1. The van der Waals surface area contributed by atoms with Gasteiger partial charge in [-0.2, -0.15) is 0 Å². The number of aryl methyl sites for hydroxylation is 1. The third kappa shape index (κ3) is 2.20. The zero-order valence-electron chi connectivity index (χ0n) is 12.3. The summed E-state index contributed by atoms with van der Waals surface area (Å²) in [5.74, 6) is 0. The van der Waals surface area contributed by atoms with Crippen LogP contribution in [0.1, 0.15) is 22.6 Å². The quantitative estimate of drug-likeness (QED) is 0.799. The maximum absolute atomic E-state index is 12.4. The molecule has 108 valence electrons. The second kappa shape index (κ2) is 5.09. The Labute approximate surface area is 122 Å². The number of hydrogen-bond donors (Lipinski definition) is 1. The molecule has 1 N–H and O–H groups in total. The number of hydrogen-bond acceptors (Lipinski definition) is 3. The zero-order valence-corrected chi connectivity index (χ0v) is 12.3. The molecule has 5 heteroatoms. The Bertz CT molecular complexity index is 862. The molecule has 5 nitrogen and oxygen atoms in total. The molecule has 0 amide bonds. The molecule has 0 fully saturated rings. The van der Waals surface area contributed by atoms with E-state index in [0.29, 0.717) is 12.1 Å². The number of fused-ring (bicyclic) bond motifs is 1. The van der Waals surface area contributed by atoms with Crippen LogP contribution in [0.5, 0.6) is 0 Å². The lowest BCUT2D eigenvalue weighted by Gasteiger charge is -2.11. The van der Waals surface area contributed by atoms with Gasteiger partial charge in [-0.25, -0.2) is 4.98 Å². The van der Waals surface area contributed by atoms with E-state index in [2.05, 4.69) is 9.97 Å². The van der Waals surface area contributed by atoms with Crippen LogP contribution in [0.25, 0.3) is 10.9 Å². The molecule has 0 aliphatic carbocycles. The number of nitrogens with zero attached hydrogens (tertiary/aromatic N) is 2. The minimum Gasteiger partial charge on any atom is -0.414 e. The average molecular weight is 283 g/mol. The minimum atomic E-state index is -0.203. The van der Waals surface area contributed by atoms with Crippen molar-refractivity contribution in [3.63, 3.8) is 0 Å². The Balaban J connectivity index is 2.10. The highest BCUT2D eigenvalue weighted by Gasteiger charge is 2.14.